The van der Waals surface area contributed by atoms with E-state index in [1.54, 1.807) is 13.2 Å². The molecule has 0 heterocycles. The summed E-state index contributed by atoms with van der Waals surface area (Å²) >= 11 is 0. The molecule has 0 spiro atoms. The number of benzene rings is 1. The zero-order valence-corrected chi connectivity index (χ0v) is 11.6. The molecule has 1 unspecified atom stereocenters. The van der Waals surface area contributed by atoms with Crippen molar-refractivity contribution in [1.82, 2.24) is 5.32 Å². The molecule has 0 aliphatic carbocycles. The highest BCUT2D eigenvalue weighted by Crippen LogP contribution is 2.25. The summed E-state index contributed by atoms with van der Waals surface area (Å²) in [6.07, 6.45) is 0. The van der Waals surface area contributed by atoms with E-state index in [9.17, 15) is 4.39 Å². The van der Waals surface area contributed by atoms with E-state index in [2.05, 4.69) is 24.5 Å². The monoisotopic (exact) mass is 254 g/mol. The maximum Gasteiger partial charge on any atom is 0.142 e. The first-order valence-electron chi connectivity index (χ1n) is 6.30. The van der Waals surface area contributed by atoms with E-state index in [0.717, 1.165) is 13.1 Å². The molecule has 0 radical (unpaired) electrons. The second kappa shape index (κ2) is 7.21. The van der Waals surface area contributed by atoms with Crippen molar-refractivity contribution in [2.24, 2.45) is 11.8 Å². The first kappa shape index (κ1) is 14.8. The van der Waals surface area contributed by atoms with E-state index in [0.29, 0.717) is 23.3 Å². The van der Waals surface area contributed by atoms with Crippen LogP contribution in [0.3, 0.4) is 0 Å². The maximum absolute atomic E-state index is 13.2. The Balaban J connectivity index is 2.68. The Kier molecular flexibility index (Phi) is 5.92. The number of hydrogen-bond acceptors (Lipinski definition) is 3. The molecular formula is C14H23FN2O. The molecule has 0 aliphatic heterocycles. The zero-order valence-electron chi connectivity index (χ0n) is 11.6. The normalized spacial score (nSPS) is 12.6. The standard InChI is InChI=1S/C14H23FN2O/c1-10(2)11(8-16-3)9-17-13-7-12(15)5-6-14(13)18-4/h5-7,10-11,16-17H,8-9H2,1-4H3. The molecule has 1 rings (SSSR count). The molecule has 4 heteroatoms. The molecule has 0 amide bonds. The molecule has 2 N–H and O–H groups in total. The van der Waals surface area contributed by atoms with Gasteiger partial charge in [-0.2, -0.15) is 0 Å². The fourth-order valence-electron chi connectivity index (χ4n) is 1.87. The Labute approximate surface area is 109 Å². The molecule has 1 atom stereocenters. The van der Waals surface area contributed by atoms with Crippen LogP contribution in [0.1, 0.15) is 13.8 Å². The summed E-state index contributed by atoms with van der Waals surface area (Å²) in [5, 5.41) is 6.45. The van der Waals surface area contributed by atoms with Crippen LogP contribution in [-0.2, 0) is 0 Å². The molecule has 18 heavy (non-hydrogen) atoms. The van der Waals surface area contributed by atoms with Gasteiger partial charge in [0.1, 0.15) is 11.6 Å². The van der Waals surface area contributed by atoms with Crippen molar-refractivity contribution in [3.63, 3.8) is 0 Å². The fraction of sp³-hybridized carbons (Fsp3) is 0.571. The van der Waals surface area contributed by atoms with E-state index < -0.39 is 0 Å². The number of hydrogen-bond donors (Lipinski definition) is 2. The smallest absolute Gasteiger partial charge is 0.142 e. The van der Waals surface area contributed by atoms with Crippen LogP contribution in [0.4, 0.5) is 10.1 Å². The largest absolute Gasteiger partial charge is 0.495 e. The minimum Gasteiger partial charge on any atom is -0.495 e. The van der Waals surface area contributed by atoms with Gasteiger partial charge in [0.15, 0.2) is 0 Å². The Hall–Kier alpha value is -1.29. The third-order valence-corrected chi connectivity index (χ3v) is 3.13. The van der Waals surface area contributed by atoms with Crippen molar-refractivity contribution in [3.8, 4) is 5.75 Å². The lowest BCUT2D eigenvalue weighted by Gasteiger charge is -2.22. The van der Waals surface area contributed by atoms with E-state index in [1.807, 2.05) is 7.05 Å². The molecule has 0 aromatic heterocycles. The van der Waals surface area contributed by atoms with Gasteiger partial charge in [0.05, 0.1) is 12.8 Å². The summed E-state index contributed by atoms with van der Waals surface area (Å²) < 4.78 is 18.4. The van der Waals surface area contributed by atoms with Crippen LogP contribution in [-0.4, -0.2) is 27.2 Å². The van der Waals surface area contributed by atoms with Crippen LogP contribution in [0, 0.1) is 17.7 Å². The number of methoxy groups -OCH3 is 1. The Morgan fingerprint density at radius 2 is 2.00 bits per heavy atom. The summed E-state index contributed by atoms with van der Waals surface area (Å²) in [6, 6.07) is 4.51. The van der Waals surface area contributed by atoms with Gasteiger partial charge in [-0.05, 0) is 37.6 Å². The van der Waals surface area contributed by atoms with E-state index in [-0.39, 0.29) is 5.82 Å². The number of rotatable bonds is 7. The summed E-state index contributed by atoms with van der Waals surface area (Å²) in [4.78, 5) is 0. The van der Waals surface area contributed by atoms with E-state index in [1.165, 1.54) is 12.1 Å². The van der Waals surface area contributed by atoms with Crippen molar-refractivity contribution in [2.75, 3.05) is 32.6 Å². The lowest BCUT2D eigenvalue weighted by Crippen LogP contribution is -2.29. The van der Waals surface area contributed by atoms with E-state index in [4.69, 9.17) is 4.74 Å². The summed E-state index contributed by atoms with van der Waals surface area (Å²) in [6.45, 7) is 6.10. The molecule has 102 valence electrons. The molecule has 1 aromatic carbocycles. The SMILES string of the molecule is CNCC(CNc1cc(F)ccc1OC)C(C)C. The predicted octanol–water partition coefficient (Wildman–Crippen LogP) is 2.74. The quantitative estimate of drug-likeness (QED) is 0.785. The van der Waals surface area contributed by atoms with E-state index >= 15 is 0 Å². The van der Waals surface area contributed by atoms with Crippen LogP contribution >= 0.6 is 0 Å². The second-order valence-electron chi connectivity index (χ2n) is 4.79. The van der Waals surface area contributed by atoms with Crippen molar-refractivity contribution in [3.05, 3.63) is 24.0 Å². The van der Waals surface area contributed by atoms with Crippen LogP contribution in [0.2, 0.25) is 0 Å². The number of anilines is 1. The minimum atomic E-state index is -0.256. The minimum absolute atomic E-state index is 0.256. The molecule has 3 nitrogen and oxygen atoms in total. The molecule has 0 bridgehead atoms. The Bertz CT molecular complexity index is 369. The number of nitrogens with one attached hydrogen (secondary N) is 2. The van der Waals surface area contributed by atoms with Gasteiger partial charge in [-0.25, -0.2) is 4.39 Å². The van der Waals surface area contributed by atoms with Crippen molar-refractivity contribution in [1.29, 1.82) is 0 Å². The molecule has 0 aliphatic rings. The lowest BCUT2D eigenvalue weighted by molar-refractivity contribution is 0.388. The van der Waals surface area contributed by atoms with Gasteiger partial charge in [-0.3, -0.25) is 0 Å². The summed E-state index contributed by atoms with van der Waals surface area (Å²) in [5.74, 6) is 1.46. The second-order valence-corrected chi connectivity index (χ2v) is 4.79. The average Bonchev–Trinajstić information content (AvgIpc) is 2.34. The topological polar surface area (TPSA) is 33.3 Å². The highest BCUT2D eigenvalue weighted by atomic mass is 19.1. The van der Waals surface area contributed by atoms with Crippen LogP contribution in [0.25, 0.3) is 0 Å². The van der Waals surface area contributed by atoms with Gasteiger partial charge >= 0.3 is 0 Å². The zero-order chi connectivity index (χ0) is 13.5. The van der Waals surface area contributed by atoms with Gasteiger partial charge in [0.25, 0.3) is 0 Å². The maximum atomic E-state index is 13.2. The lowest BCUT2D eigenvalue weighted by atomic mass is 9.95. The third-order valence-electron chi connectivity index (χ3n) is 3.13. The third kappa shape index (κ3) is 4.18. The van der Waals surface area contributed by atoms with Crippen molar-refractivity contribution in [2.45, 2.75) is 13.8 Å². The summed E-state index contributed by atoms with van der Waals surface area (Å²) in [5.41, 5.74) is 0.708. The Morgan fingerprint density at radius 3 is 2.56 bits per heavy atom. The van der Waals surface area contributed by atoms with Gasteiger partial charge in [0.2, 0.25) is 0 Å². The first-order valence-corrected chi connectivity index (χ1v) is 6.30. The fourth-order valence-corrected chi connectivity index (χ4v) is 1.87. The highest BCUT2D eigenvalue weighted by Gasteiger charge is 2.13. The van der Waals surface area contributed by atoms with Crippen molar-refractivity contribution < 1.29 is 9.13 Å². The first-order chi connectivity index (χ1) is 8.58. The van der Waals surface area contributed by atoms with Crippen LogP contribution in [0.15, 0.2) is 18.2 Å². The molecular weight excluding hydrogens is 231 g/mol. The van der Waals surface area contributed by atoms with Gasteiger partial charge < -0.3 is 15.4 Å². The summed E-state index contributed by atoms with van der Waals surface area (Å²) in [7, 11) is 3.53. The highest BCUT2D eigenvalue weighted by molar-refractivity contribution is 5.56. The van der Waals surface area contributed by atoms with Gasteiger partial charge in [0, 0.05) is 12.6 Å². The van der Waals surface area contributed by atoms with Crippen LogP contribution in [0.5, 0.6) is 5.75 Å². The molecule has 1 aromatic rings. The predicted molar refractivity (Wildman–Crippen MR) is 73.7 cm³/mol. The molecule has 0 saturated carbocycles. The number of ether oxygens (including phenoxy) is 1. The average molecular weight is 254 g/mol. The van der Waals surface area contributed by atoms with Crippen molar-refractivity contribution >= 4 is 5.69 Å². The Morgan fingerprint density at radius 1 is 1.28 bits per heavy atom. The number of halogens is 1. The molecule has 0 fully saturated rings. The van der Waals surface area contributed by atoms with Gasteiger partial charge in [-0.15, -0.1) is 0 Å². The van der Waals surface area contributed by atoms with Gasteiger partial charge in [-0.1, -0.05) is 13.8 Å². The molecule has 0 saturated heterocycles. The van der Waals surface area contributed by atoms with Crippen LogP contribution < -0.4 is 15.4 Å².